The molecule has 0 aliphatic heterocycles. The average molecular weight is 190 g/mol. The molecule has 0 aliphatic rings. The third-order valence-electron chi connectivity index (χ3n) is 1.34. The minimum atomic E-state index is -1.38. The molecule has 0 unspecified atom stereocenters. The Labute approximate surface area is 78.5 Å². The molecule has 70 valence electrons. The monoisotopic (exact) mass is 190 g/mol. The maximum atomic E-state index is 8.65. The van der Waals surface area contributed by atoms with Gasteiger partial charge in [0.1, 0.15) is 0 Å². The summed E-state index contributed by atoms with van der Waals surface area (Å²) in [6.07, 6.45) is 0.0828. The Kier molecular flexibility index (Phi) is 4.12. The van der Waals surface area contributed by atoms with Gasteiger partial charge in [-0.1, -0.05) is 12.2 Å². The van der Waals surface area contributed by atoms with E-state index in [1.807, 2.05) is 0 Å². The lowest BCUT2D eigenvalue weighted by Gasteiger charge is -2.28. The predicted octanol–water partition coefficient (Wildman–Crippen LogP) is -1.01. The van der Waals surface area contributed by atoms with Gasteiger partial charge in [-0.2, -0.15) is 0 Å². The highest BCUT2D eigenvalue weighted by Crippen LogP contribution is 2.04. The lowest BCUT2D eigenvalue weighted by molar-refractivity contribution is 0.374. The van der Waals surface area contributed by atoms with Crippen molar-refractivity contribution in [3.8, 4) is 0 Å². The van der Waals surface area contributed by atoms with Crippen molar-refractivity contribution in [2.75, 3.05) is 13.5 Å². The van der Waals surface area contributed by atoms with E-state index in [1.54, 1.807) is 25.8 Å². The third kappa shape index (κ3) is 4.01. The van der Waals surface area contributed by atoms with Crippen LogP contribution in [0.4, 0.5) is 0 Å². The van der Waals surface area contributed by atoms with E-state index in [0.29, 0.717) is 4.99 Å². The van der Waals surface area contributed by atoms with Gasteiger partial charge in [0.15, 0.2) is 0 Å². The van der Waals surface area contributed by atoms with Crippen molar-refractivity contribution in [2.45, 2.75) is 19.4 Å². The number of rotatable bonds is 3. The first-order chi connectivity index (χ1) is 5.25. The van der Waals surface area contributed by atoms with Crippen LogP contribution in [0.5, 0.6) is 0 Å². The van der Waals surface area contributed by atoms with E-state index in [0.717, 1.165) is 0 Å². The molecule has 0 heterocycles. The standard InChI is InChI=1S/C6H15BN2O2S/c1-6(2,8)5(12)9(3)4-7(10)11/h10-11H,4,8H2,1-3H3. The van der Waals surface area contributed by atoms with Crippen molar-refractivity contribution in [3.63, 3.8) is 0 Å². The molecular weight excluding hydrogens is 175 g/mol. The molecule has 0 aromatic heterocycles. The van der Waals surface area contributed by atoms with E-state index in [2.05, 4.69) is 0 Å². The summed E-state index contributed by atoms with van der Waals surface area (Å²) in [6, 6.07) is 0. The smallest absolute Gasteiger partial charge is 0.426 e. The van der Waals surface area contributed by atoms with E-state index in [9.17, 15) is 0 Å². The number of hydrogen-bond donors (Lipinski definition) is 3. The van der Waals surface area contributed by atoms with E-state index in [1.165, 1.54) is 0 Å². The van der Waals surface area contributed by atoms with Crippen LogP contribution in [-0.4, -0.2) is 46.1 Å². The van der Waals surface area contributed by atoms with Crippen LogP contribution in [0.25, 0.3) is 0 Å². The summed E-state index contributed by atoms with van der Waals surface area (Å²) in [6.45, 7) is 3.55. The van der Waals surface area contributed by atoms with Gasteiger partial charge in [-0.05, 0) is 13.8 Å². The Morgan fingerprint density at radius 3 is 2.25 bits per heavy atom. The molecule has 6 heteroatoms. The quantitative estimate of drug-likeness (QED) is 0.393. The number of nitrogens with two attached hydrogens (primary N) is 1. The van der Waals surface area contributed by atoms with Gasteiger partial charge in [0, 0.05) is 7.05 Å². The van der Waals surface area contributed by atoms with Crippen LogP contribution in [0.1, 0.15) is 13.8 Å². The summed E-state index contributed by atoms with van der Waals surface area (Å²) in [4.78, 5) is 2.07. The summed E-state index contributed by atoms with van der Waals surface area (Å²) in [5, 5.41) is 17.3. The summed E-state index contributed by atoms with van der Waals surface area (Å²) in [5.41, 5.74) is 5.11. The molecule has 12 heavy (non-hydrogen) atoms. The molecule has 0 bridgehead atoms. The predicted molar refractivity (Wildman–Crippen MR) is 53.7 cm³/mol. The summed E-state index contributed by atoms with van der Waals surface area (Å²) in [5.74, 6) is 0. The van der Waals surface area contributed by atoms with E-state index in [4.69, 9.17) is 28.0 Å². The first-order valence-corrected chi connectivity index (χ1v) is 4.06. The summed E-state index contributed by atoms with van der Waals surface area (Å²) < 4.78 is 0. The molecule has 0 saturated heterocycles. The van der Waals surface area contributed by atoms with Crippen molar-refractivity contribution < 1.29 is 10.0 Å². The SMILES string of the molecule is CN(CB(O)O)C(=S)C(C)(C)N. The highest BCUT2D eigenvalue weighted by molar-refractivity contribution is 7.80. The second kappa shape index (κ2) is 4.18. The van der Waals surface area contributed by atoms with Crippen LogP contribution in [-0.2, 0) is 0 Å². The number of likely N-dealkylation sites (N-methyl/N-ethyl adjacent to an activating group) is 1. The molecule has 0 aromatic carbocycles. The van der Waals surface area contributed by atoms with Gasteiger partial charge in [0.05, 0.1) is 17.0 Å². The van der Waals surface area contributed by atoms with E-state index < -0.39 is 12.7 Å². The lowest BCUT2D eigenvalue weighted by atomic mass is 9.90. The molecule has 0 saturated carbocycles. The minimum absolute atomic E-state index is 0.0828. The topological polar surface area (TPSA) is 69.7 Å². The Balaban J connectivity index is 4.12. The van der Waals surface area contributed by atoms with Gasteiger partial charge in [-0.15, -0.1) is 0 Å². The fourth-order valence-electron chi connectivity index (χ4n) is 0.820. The van der Waals surface area contributed by atoms with Gasteiger partial charge < -0.3 is 20.7 Å². The van der Waals surface area contributed by atoms with Crippen LogP contribution in [0.3, 0.4) is 0 Å². The Hall–Kier alpha value is -0.165. The number of thiocarbonyl (C=S) groups is 1. The average Bonchev–Trinajstić information content (AvgIpc) is 1.82. The first kappa shape index (κ1) is 11.8. The minimum Gasteiger partial charge on any atom is -0.426 e. The van der Waals surface area contributed by atoms with Gasteiger partial charge >= 0.3 is 7.12 Å². The normalized spacial score (nSPS) is 11.2. The fraction of sp³-hybridized carbons (Fsp3) is 0.833. The van der Waals surface area contributed by atoms with Crippen LogP contribution >= 0.6 is 12.2 Å². The molecule has 0 amide bonds. The second-order valence-electron chi connectivity index (χ2n) is 3.39. The van der Waals surface area contributed by atoms with Crippen LogP contribution in [0.2, 0.25) is 0 Å². The molecule has 0 aromatic rings. The molecular formula is C6H15BN2O2S. The molecule has 0 rings (SSSR count). The Bertz CT molecular complexity index is 169. The molecule has 4 nitrogen and oxygen atoms in total. The largest absolute Gasteiger partial charge is 0.472 e. The Morgan fingerprint density at radius 1 is 1.58 bits per heavy atom. The van der Waals surface area contributed by atoms with Gasteiger partial charge in [0.2, 0.25) is 0 Å². The number of hydrogen-bond acceptors (Lipinski definition) is 4. The summed E-state index contributed by atoms with van der Waals surface area (Å²) in [7, 11) is 0.298. The number of nitrogens with zero attached hydrogens (tertiary/aromatic N) is 1. The van der Waals surface area contributed by atoms with Gasteiger partial charge in [-0.3, -0.25) is 0 Å². The van der Waals surface area contributed by atoms with E-state index in [-0.39, 0.29) is 6.44 Å². The zero-order valence-corrected chi connectivity index (χ0v) is 8.43. The third-order valence-corrected chi connectivity index (χ3v) is 2.17. The lowest BCUT2D eigenvalue weighted by Crippen LogP contribution is -2.50. The van der Waals surface area contributed by atoms with Crippen LogP contribution < -0.4 is 5.73 Å². The molecule has 0 fully saturated rings. The zero-order valence-electron chi connectivity index (χ0n) is 7.61. The second-order valence-corrected chi connectivity index (χ2v) is 3.77. The maximum Gasteiger partial charge on any atom is 0.472 e. The molecule has 0 spiro atoms. The van der Waals surface area contributed by atoms with E-state index >= 15 is 0 Å². The molecule has 0 aliphatic carbocycles. The molecule has 4 N–H and O–H groups in total. The van der Waals surface area contributed by atoms with Gasteiger partial charge in [-0.25, -0.2) is 0 Å². The van der Waals surface area contributed by atoms with Crippen LogP contribution in [0.15, 0.2) is 0 Å². The van der Waals surface area contributed by atoms with Crippen LogP contribution in [0, 0.1) is 0 Å². The zero-order chi connectivity index (χ0) is 9.94. The highest BCUT2D eigenvalue weighted by atomic mass is 32.1. The molecule has 0 radical (unpaired) electrons. The Morgan fingerprint density at radius 2 is 2.00 bits per heavy atom. The van der Waals surface area contributed by atoms with Crippen molar-refractivity contribution in [1.29, 1.82) is 0 Å². The first-order valence-electron chi connectivity index (χ1n) is 3.65. The van der Waals surface area contributed by atoms with Crippen molar-refractivity contribution in [3.05, 3.63) is 0 Å². The summed E-state index contributed by atoms with van der Waals surface area (Å²) >= 11 is 5.01. The van der Waals surface area contributed by atoms with Crippen molar-refractivity contribution in [1.82, 2.24) is 4.90 Å². The molecule has 0 atom stereocenters. The maximum absolute atomic E-state index is 8.65. The van der Waals surface area contributed by atoms with Gasteiger partial charge in [0.25, 0.3) is 0 Å². The van der Waals surface area contributed by atoms with Crippen molar-refractivity contribution >= 4 is 24.3 Å². The highest BCUT2D eigenvalue weighted by Gasteiger charge is 2.23. The van der Waals surface area contributed by atoms with Crippen molar-refractivity contribution in [2.24, 2.45) is 5.73 Å². The fourth-order valence-corrected chi connectivity index (χ4v) is 0.894.